The van der Waals surface area contributed by atoms with Gasteiger partial charge in [-0.05, 0) is 37.5 Å². The lowest BCUT2D eigenvalue weighted by molar-refractivity contribution is 0.171. The highest BCUT2D eigenvalue weighted by atomic mass is 16.6. The van der Waals surface area contributed by atoms with Crippen molar-refractivity contribution in [1.29, 1.82) is 0 Å². The number of hydrogen-bond acceptors (Lipinski definition) is 5. The Bertz CT molecular complexity index is 685. The summed E-state index contributed by atoms with van der Waals surface area (Å²) in [5, 5.41) is 0. The van der Waals surface area contributed by atoms with E-state index in [0.717, 1.165) is 47.6 Å². The summed E-state index contributed by atoms with van der Waals surface area (Å²) in [6.07, 6.45) is 3.08. The van der Waals surface area contributed by atoms with Gasteiger partial charge in [0.05, 0.1) is 0 Å². The standard InChI is InChI=1S/C15H15N3O2/c16-14-10-2-1-3-11(10)17-15(18-14)9-4-5-12-13(8-9)20-7-6-19-12/h4-5,8H,1-3,6-7H2,(H2,16,17,18). The second-order valence-corrected chi connectivity index (χ2v) is 5.07. The van der Waals surface area contributed by atoms with Crippen molar-refractivity contribution in [3.8, 4) is 22.9 Å². The van der Waals surface area contributed by atoms with Crippen LogP contribution in [0.15, 0.2) is 18.2 Å². The molecule has 20 heavy (non-hydrogen) atoms. The van der Waals surface area contributed by atoms with Gasteiger partial charge in [0.25, 0.3) is 0 Å². The van der Waals surface area contributed by atoms with E-state index in [1.807, 2.05) is 18.2 Å². The van der Waals surface area contributed by atoms with Crippen LogP contribution in [-0.2, 0) is 12.8 Å². The average molecular weight is 269 g/mol. The van der Waals surface area contributed by atoms with Crippen molar-refractivity contribution in [2.75, 3.05) is 18.9 Å². The molecule has 1 aliphatic heterocycles. The highest BCUT2D eigenvalue weighted by Gasteiger charge is 2.19. The predicted octanol–water partition coefficient (Wildman–Crippen LogP) is 1.99. The highest BCUT2D eigenvalue weighted by molar-refractivity contribution is 5.64. The van der Waals surface area contributed by atoms with Crippen molar-refractivity contribution in [3.63, 3.8) is 0 Å². The quantitative estimate of drug-likeness (QED) is 0.857. The summed E-state index contributed by atoms with van der Waals surface area (Å²) in [5.74, 6) is 2.79. The molecule has 1 aliphatic carbocycles. The molecule has 1 aromatic heterocycles. The zero-order valence-electron chi connectivity index (χ0n) is 11.1. The normalized spacial score (nSPS) is 16.0. The molecule has 0 fully saturated rings. The number of nitrogens with zero attached hydrogens (tertiary/aromatic N) is 2. The van der Waals surface area contributed by atoms with Gasteiger partial charge >= 0.3 is 0 Å². The first-order valence-corrected chi connectivity index (χ1v) is 6.86. The fourth-order valence-electron chi connectivity index (χ4n) is 2.77. The number of ether oxygens (including phenoxy) is 2. The summed E-state index contributed by atoms with van der Waals surface area (Å²) in [7, 11) is 0. The van der Waals surface area contributed by atoms with Gasteiger partial charge < -0.3 is 15.2 Å². The minimum atomic E-state index is 0.573. The van der Waals surface area contributed by atoms with Crippen LogP contribution in [0.4, 0.5) is 5.82 Å². The monoisotopic (exact) mass is 269 g/mol. The third kappa shape index (κ3) is 1.78. The third-order valence-electron chi connectivity index (χ3n) is 3.77. The number of nitrogen functional groups attached to an aromatic ring is 1. The molecular formula is C15H15N3O2. The Hall–Kier alpha value is -2.30. The number of anilines is 1. The molecule has 2 aromatic rings. The number of nitrogens with two attached hydrogens (primary N) is 1. The summed E-state index contributed by atoms with van der Waals surface area (Å²) >= 11 is 0. The fraction of sp³-hybridized carbons (Fsp3) is 0.333. The molecule has 5 heteroatoms. The van der Waals surface area contributed by atoms with E-state index in [2.05, 4.69) is 9.97 Å². The van der Waals surface area contributed by atoms with E-state index in [4.69, 9.17) is 15.2 Å². The van der Waals surface area contributed by atoms with E-state index in [0.29, 0.717) is 24.9 Å². The highest BCUT2D eigenvalue weighted by Crippen LogP contribution is 2.34. The summed E-state index contributed by atoms with van der Waals surface area (Å²) < 4.78 is 11.1. The van der Waals surface area contributed by atoms with Crippen LogP contribution < -0.4 is 15.2 Å². The molecule has 1 aromatic carbocycles. The molecule has 4 rings (SSSR count). The Balaban J connectivity index is 1.79. The summed E-state index contributed by atoms with van der Waals surface area (Å²) in [4.78, 5) is 9.08. The lowest BCUT2D eigenvalue weighted by Crippen LogP contribution is -2.15. The Labute approximate surface area is 116 Å². The van der Waals surface area contributed by atoms with Crippen LogP contribution in [-0.4, -0.2) is 23.2 Å². The van der Waals surface area contributed by atoms with Crippen LogP contribution in [0.1, 0.15) is 17.7 Å². The number of aryl methyl sites for hydroxylation is 1. The molecule has 5 nitrogen and oxygen atoms in total. The average Bonchev–Trinajstić information content (AvgIpc) is 2.96. The van der Waals surface area contributed by atoms with Crippen LogP contribution in [0, 0.1) is 0 Å². The van der Waals surface area contributed by atoms with Gasteiger partial charge in [0.1, 0.15) is 19.0 Å². The fourth-order valence-corrected chi connectivity index (χ4v) is 2.77. The number of rotatable bonds is 1. The van der Waals surface area contributed by atoms with Gasteiger partial charge in [-0.1, -0.05) is 0 Å². The predicted molar refractivity (Wildman–Crippen MR) is 74.9 cm³/mol. The Kier molecular flexibility index (Phi) is 2.52. The molecule has 0 radical (unpaired) electrons. The summed E-state index contributed by atoms with van der Waals surface area (Å²) in [5.41, 5.74) is 9.16. The molecule has 0 amide bonds. The first-order chi connectivity index (χ1) is 9.81. The summed E-state index contributed by atoms with van der Waals surface area (Å²) in [6, 6.07) is 5.77. The van der Waals surface area contributed by atoms with E-state index < -0.39 is 0 Å². The van der Waals surface area contributed by atoms with Crippen molar-refractivity contribution in [3.05, 3.63) is 29.5 Å². The van der Waals surface area contributed by atoms with E-state index in [-0.39, 0.29) is 0 Å². The zero-order valence-corrected chi connectivity index (χ0v) is 11.1. The van der Waals surface area contributed by atoms with Crippen LogP contribution in [0.25, 0.3) is 11.4 Å². The summed E-state index contributed by atoms with van der Waals surface area (Å²) in [6.45, 7) is 1.16. The Morgan fingerprint density at radius 1 is 1.00 bits per heavy atom. The lowest BCUT2D eigenvalue weighted by atomic mass is 10.1. The minimum absolute atomic E-state index is 0.573. The molecule has 0 atom stereocenters. The maximum absolute atomic E-state index is 6.04. The number of benzene rings is 1. The van der Waals surface area contributed by atoms with Gasteiger partial charge in [0.2, 0.25) is 0 Å². The second kappa shape index (κ2) is 4.37. The van der Waals surface area contributed by atoms with Crippen molar-refractivity contribution >= 4 is 5.82 Å². The van der Waals surface area contributed by atoms with Gasteiger partial charge in [-0.25, -0.2) is 9.97 Å². The molecule has 2 heterocycles. The molecule has 0 saturated heterocycles. The van der Waals surface area contributed by atoms with Crippen molar-refractivity contribution in [1.82, 2.24) is 9.97 Å². The third-order valence-corrected chi connectivity index (χ3v) is 3.77. The molecule has 0 bridgehead atoms. The maximum atomic E-state index is 6.04. The molecule has 0 saturated carbocycles. The largest absolute Gasteiger partial charge is 0.486 e. The number of fused-ring (bicyclic) bond motifs is 2. The van der Waals surface area contributed by atoms with Crippen molar-refractivity contribution < 1.29 is 9.47 Å². The van der Waals surface area contributed by atoms with Gasteiger partial charge in [0.15, 0.2) is 17.3 Å². The lowest BCUT2D eigenvalue weighted by Gasteiger charge is -2.18. The van der Waals surface area contributed by atoms with Crippen LogP contribution in [0.5, 0.6) is 11.5 Å². The number of hydrogen-bond donors (Lipinski definition) is 1. The molecular weight excluding hydrogens is 254 g/mol. The van der Waals surface area contributed by atoms with E-state index in [9.17, 15) is 0 Å². The molecule has 102 valence electrons. The molecule has 0 unspecified atom stereocenters. The first-order valence-electron chi connectivity index (χ1n) is 6.86. The van der Waals surface area contributed by atoms with E-state index >= 15 is 0 Å². The Morgan fingerprint density at radius 3 is 2.75 bits per heavy atom. The van der Waals surface area contributed by atoms with Crippen molar-refractivity contribution in [2.45, 2.75) is 19.3 Å². The SMILES string of the molecule is Nc1nc(-c2ccc3c(c2)OCCO3)nc2c1CCC2. The van der Waals surface area contributed by atoms with E-state index in [1.54, 1.807) is 0 Å². The van der Waals surface area contributed by atoms with E-state index in [1.165, 1.54) is 0 Å². The van der Waals surface area contributed by atoms with Crippen LogP contribution >= 0.6 is 0 Å². The molecule has 2 N–H and O–H groups in total. The van der Waals surface area contributed by atoms with Crippen molar-refractivity contribution in [2.24, 2.45) is 0 Å². The second-order valence-electron chi connectivity index (χ2n) is 5.07. The number of aromatic nitrogens is 2. The van der Waals surface area contributed by atoms with Gasteiger partial charge in [-0.2, -0.15) is 0 Å². The smallest absolute Gasteiger partial charge is 0.162 e. The zero-order chi connectivity index (χ0) is 13.5. The topological polar surface area (TPSA) is 70.3 Å². The van der Waals surface area contributed by atoms with Crippen LogP contribution in [0.3, 0.4) is 0 Å². The van der Waals surface area contributed by atoms with Gasteiger partial charge in [-0.15, -0.1) is 0 Å². The molecule has 0 spiro atoms. The first kappa shape index (κ1) is 11.5. The van der Waals surface area contributed by atoms with Crippen LogP contribution in [0.2, 0.25) is 0 Å². The van der Waals surface area contributed by atoms with Gasteiger partial charge in [-0.3, -0.25) is 0 Å². The minimum Gasteiger partial charge on any atom is -0.486 e. The molecule has 2 aliphatic rings. The maximum Gasteiger partial charge on any atom is 0.162 e. The van der Waals surface area contributed by atoms with Gasteiger partial charge in [0, 0.05) is 16.8 Å². The Morgan fingerprint density at radius 2 is 1.85 bits per heavy atom.